The summed E-state index contributed by atoms with van der Waals surface area (Å²) in [6.45, 7) is 4.57. The molecular weight excluding hydrogens is 282 g/mol. The van der Waals surface area contributed by atoms with Gasteiger partial charge in [0.15, 0.2) is 11.5 Å². The highest BCUT2D eigenvalue weighted by Crippen LogP contribution is 2.44. The normalized spacial score (nSPS) is 18.7. The van der Waals surface area contributed by atoms with E-state index in [4.69, 9.17) is 9.47 Å². The topological polar surface area (TPSA) is 65.4 Å². The average molecular weight is 297 g/mol. The highest BCUT2D eigenvalue weighted by atomic mass is 16.7. The lowest BCUT2D eigenvalue weighted by molar-refractivity contribution is -0.116. The molecule has 2 aromatic rings. The van der Waals surface area contributed by atoms with Gasteiger partial charge in [0, 0.05) is 30.3 Å². The molecule has 3 heterocycles. The maximum absolute atomic E-state index is 12.0. The number of allylic oxidation sites excluding steroid dienone is 1. The van der Waals surface area contributed by atoms with E-state index in [0.717, 1.165) is 22.6 Å². The van der Waals surface area contributed by atoms with Crippen molar-refractivity contribution in [3.63, 3.8) is 0 Å². The van der Waals surface area contributed by atoms with Crippen LogP contribution in [0.1, 0.15) is 23.5 Å². The maximum atomic E-state index is 12.0. The van der Waals surface area contributed by atoms with Crippen LogP contribution in [0.3, 0.4) is 0 Å². The molecule has 4 rings (SSSR count). The fourth-order valence-corrected chi connectivity index (χ4v) is 2.94. The Morgan fingerprint density at radius 1 is 1.41 bits per heavy atom. The van der Waals surface area contributed by atoms with Gasteiger partial charge in [-0.2, -0.15) is 5.10 Å². The van der Waals surface area contributed by atoms with Crippen LogP contribution < -0.4 is 14.8 Å². The van der Waals surface area contributed by atoms with Crippen LogP contribution in [0.15, 0.2) is 37.2 Å². The van der Waals surface area contributed by atoms with Crippen molar-refractivity contribution in [3.05, 3.63) is 48.3 Å². The fraction of sp³-hybridized carbons (Fsp3) is 0.250. The van der Waals surface area contributed by atoms with Gasteiger partial charge in [-0.15, -0.1) is 6.58 Å². The third-order valence-corrected chi connectivity index (χ3v) is 3.96. The highest BCUT2D eigenvalue weighted by Gasteiger charge is 2.30. The zero-order chi connectivity index (χ0) is 15.1. The molecular formula is C16H15N3O3. The lowest BCUT2D eigenvalue weighted by atomic mass is 9.86. The maximum Gasteiger partial charge on any atom is 0.231 e. The van der Waals surface area contributed by atoms with Crippen molar-refractivity contribution >= 4 is 11.6 Å². The molecule has 1 unspecified atom stereocenters. The van der Waals surface area contributed by atoms with Gasteiger partial charge >= 0.3 is 0 Å². The van der Waals surface area contributed by atoms with Gasteiger partial charge in [0.05, 0.1) is 12.7 Å². The van der Waals surface area contributed by atoms with E-state index in [0.29, 0.717) is 18.7 Å². The smallest absolute Gasteiger partial charge is 0.231 e. The minimum atomic E-state index is -0.0307. The second-order valence-corrected chi connectivity index (χ2v) is 5.38. The molecule has 112 valence electrons. The summed E-state index contributed by atoms with van der Waals surface area (Å²) in [4.78, 5) is 12.0. The molecule has 1 atom stereocenters. The monoisotopic (exact) mass is 297 g/mol. The van der Waals surface area contributed by atoms with Gasteiger partial charge in [0.1, 0.15) is 0 Å². The number of amides is 1. The molecule has 2 aliphatic heterocycles. The minimum absolute atomic E-state index is 0.00663. The van der Waals surface area contributed by atoms with E-state index in [1.165, 1.54) is 0 Å². The van der Waals surface area contributed by atoms with Crippen LogP contribution in [0.4, 0.5) is 5.69 Å². The number of benzene rings is 1. The van der Waals surface area contributed by atoms with Crippen molar-refractivity contribution in [2.45, 2.75) is 18.9 Å². The van der Waals surface area contributed by atoms with Crippen molar-refractivity contribution in [2.24, 2.45) is 0 Å². The number of fused-ring (bicyclic) bond motifs is 2. The zero-order valence-electron chi connectivity index (χ0n) is 11.9. The number of carbonyl (C=O) groups is 1. The predicted octanol–water partition coefficient (Wildman–Crippen LogP) is 2.27. The number of nitrogens with zero attached hydrogens (tertiary/aromatic N) is 2. The van der Waals surface area contributed by atoms with Crippen LogP contribution >= 0.6 is 0 Å². The molecule has 0 radical (unpaired) electrons. The quantitative estimate of drug-likeness (QED) is 0.883. The van der Waals surface area contributed by atoms with E-state index in [-0.39, 0.29) is 18.6 Å². The van der Waals surface area contributed by atoms with Crippen LogP contribution in [0.25, 0.3) is 0 Å². The second kappa shape index (κ2) is 4.91. The van der Waals surface area contributed by atoms with E-state index in [1.54, 1.807) is 12.3 Å². The summed E-state index contributed by atoms with van der Waals surface area (Å²) in [6, 6.07) is 3.78. The first kappa shape index (κ1) is 12.9. The van der Waals surface area contributed by atoms with Crippen LogP contribution in [0.2, 0.25) is 0 Å². The predicted molar refractivity (Wildman–Crippen MR) is 80.1 cm³/mol. The van der Waals surface area contributed by atoms with E-state index in [9.17, 15) is 4.79 Å². The van der Waals surface area contributed by atoms with E-state index in [1.807, 2.05) is 23.0 Å². The Morgan fingerprint density at radius 2 is 2.23 bits per heavy atom. The third-order valence-electron chi connectivity index (χ3n) is 3.96. The summed E-state index contributed by atoms with van der Waals surface area (Å²) in [7, 11) is 0. The summed E-state index contributed by atoms with van der Waals surface area (Å²) in [5, 5.41) is 7.21. The number of anilines is 1. The molecule has 0 aliphatic carbocycles. The number of rotatable bonds is 3. The number of ether oxygens (including phenoxy) is 2. The Bertz CT molecular complexity index is 766. The second-order valence-electron chi connectivity index (χ2n) is 5.38. The molecule has 1 N–H and O–H groups in total. The number of carbonyl (C=O) groups excluding carboxylic acids is 1. The van der Waals surface area contributed by atoms with Crippen LogP contribution in [-0.4, -0.2) is 22.5 Å². The van der Waals surface area contributed by atoms with Crippen molar-refractivity contribution in [3.8, 4) is 11.5 Å². The van der Waals surface area contributed by atoms with Crippen molar-refractivity contribution in [1.82, 2.24) is 9.78 Å². The third kappa shape index (κ3) is 2.04. The van der Waals surface area contributed by atoms with Gasteiger partial charge in [0.2, 0.25) is 12.7 Å². The Kier molecular flexibility index (Phi) is 2.89. The first-order chi connectivity index (χ1) is 10.7. The number of nitrogens with one attached hydrogen (secondary N) is 1. The standard InChI is InChI=1S/C16H15N3O3/c1-2-3-19-8-10(7-17-19)11-5-16(20)18-13-6-15-14(4-12(11)13)21-9-22-15/h2,4,6-8,11H,1,3,5,9H2,(H,18,20). The number of hydrogen-bond acceptors (Lipinski definition) is 4. The minimum Gasteiger partial charge on any atom is -0.454 e. The molecule has 0 saturated carbocycles. The van der Waals surface area contributed by atoms with Crippen LogP contribution in [0, 0.1) is 0 Å². The van der Waals surface area contributed by atoms with Crippen LogP contribution in [-0.2, 0) is 11.3 Å². The zero-order valence-corrected chi connectivity index (χ0v) is 11.9. The van der Waals surface area contributed by atoms with Gasteiger partial charge in [-0.3, -0.25) is 9.48 Å². The molecule has 6 nitrogen and oxygen atoms in total. The van der Waals surface area contributed by atoms with E-state index in [2.05, 4.69) is 17.0 Å². The van der Waals surface area contributed by atoms with Gasteiger partial charge < -0.3 is 14.8 Å². The van der Waals surface area contributed by atoms with Gasteiger partial charge in [-0.1, -0.05) is 6.08 Å². The summed E-state index contributed by atoms with van der Waals surface area (Å²) in [5.41, 5.74) is 2.82. The first-order valence-electron chi connectivity index (χ1n) is 7.11. The van der Waals surface area contributed by atoms with Gasteiger partial charge in [-0.25, -0.2) is 0 Å². The molecule has 6 heteroatoms. The molecule has 1 aromatic carbocycles. The van der Waals surface area contributed by atoms with Crippen molar-refractivity contribution in [1.29, 1.82) is 0 Å². The summed E-state index contributed by atoms with van der Waals surface area (Å²) >= 11 is 0. The molecule has 22 heavy (non-hydrogen) atoms. The Hall–Kier alpha value is -2.76. The summed E-state index contributed by atoms with van der Waals surface area (Å²) in [5.74, 6) is 1.35. The molecule has 0 saturated heterocycles. The summed E-state index contributed by atoms with van der Waals surface area (Å²) < 4.78 is 12.6. The van der Waals surface area contributed by atoms with Gasteiger partial charge in [0.25, 0.3) is 0 Å². The lowest BCUT2D eigenvalue weighted by Crippen LogP contribution is -2.23. The average Bonchev–Trinajstić information content (AvgIpc) is 3.13. The molecule has 0 spiro atoms. The Labute approximate surface area is 127 Å². The lowest BCUT2D eigenvalue weighted by Gasteiger charge is -2.25. The SMILES string of the molecule is C=CCn1cc(C2CC(=O)Nc3cc4c(cc32)OCO4)cn1. The molecule has 1 aromatic heterocycles. The number of hydrogen-bond donors (Lipinski definition) is 1. The molecule has 0 bridgehead atoms. The molecule has 2 aliphatic rings. The summed E-state index contributed by atoms with van der Waals surface area (Å²) in [6.07, 6.45) is 5.95. The number of aromatic nitrogens is 2. The van der Waals surface area contributed by atoms with Crippen molar-refractivity contribution in [2.75, 3.05) is 12.1 Å². The highest BCUT2D eigenvalue weighted by molar-refractivity contribution is 5.96. The van der Waals surface area contributed by atoms with E-state index < -0.39 is 0 Å². The Balaban J connectivity index is 1.77. The van der Waals surface area contributed by atoms with Gasteiger partial charge in [-0.05, 0) is 17.2 Å². The van der Waals surface area contributed by atoms with Crippen LogP contribution in [0.5, 0.6) is 11.5 Å². The Morgan fingerprint density at radius 3 is 3.05 bits per heavy atom. The molecule has 1 amide bonds. The van der Waals surface area contributed by atoms with Crippen molar-refractivity contribution < 1.29 is 14.3 Å². The fourth-order valence-electron chi connectivity index (χ4n) is 2.94. The van der Waals surface area contributed by atoms with E-state index >= 15 is 0 Å². The molecule has 0 fully saturated rings. The largest absolute Gasteiger partial charge is 0.454 e. The first-order valence-corrected chi connectivity index (χ1v) is 7.11.